The van der Waals surface area contributed by atoms with Crippen LogP contribution in [0.1, 0.15) is 25.3 Å². The largest absolute Gasteiger partial charge is 0.441 e. The van der Waals surface area contributed by atoms with Crippen LogP contribution in [0.5, 0.6) is 5.75 Å². The number of nitrogens with zero attached hydrogens (tertiary/aromatic N) is 5. The lowest BCUT2D eigenvalue weighted by Gasteiger charge is -2.39. The fourth-order valence-corrected chi connectivity index (χ4v) is 4.80. The number of piperidine rings is 1. The van der Waals surface area contributed by atoms with Crippen LogP contribution in [0.2, 0.25) is 0 Å². The molecular weight excluding hydrogens is 434 g/mol. The first-order valence-electron chi connectivity index (χ1n) is 11.5. The molecular formula is C24H29N7O3. The standard InChI is InChI=1S/C24H29N7O3/c1-3-4-12-30-20-21(27-23(30)29-11-7-9-17(25)14-29)28(2)24(33)31(22(20)32)15-19-26-13-16-8-5-6-10-18(16)34-19/h5-6,8,10,17,23,27H,7,9,11-15,25H2,1-2H3. The van der Waals surface area contributed by atoms with Crippen molar-refractivity contribution in [1.82, 2.24) is 14.0 Å². The minimum Gasteiger partial charge on any atom is -0.441 e. The Morgan fingerprint density at radius 2 is 2.12 bits per heavy atom. The normalized spacial score (nSPS) is 21.5. The molecule has 5 rings (SSSR count). The van der Waals surface area contributed by atoms with E-state index < -0.39 is 11.2 Å². The van der Waals surface area contributed by atoms with E-state index in [0.29, 0.717) is 42.8 Å². The Kier molecular flexibility index (Phi) is 5.89. The molecule has 0 saturated carbocycles. The second kappa shape index (κ2) is 9.00. The van der Waals surface area contributed by atoms with Gasteiger partial charge in [-0.1, -0.05) is 24.1 Å². The molecule has 0 bridgehead atoms. The van der Waals surface area contributed by atoms with E-state index in [2.05, 4.69) is 27.0 Å². The third-order valence-corrected chi connectivity index (χ3v) is 6.55. The molecule has 1 saturated heterocycles. The van der Waals surface area contributed by atoms with Crippen LogP contribution in [0.15, 0.2) is 38.8 Å². The molecule has 2 atom stereocenters. The monoisotopic (exact) mass is 463 g/mol. The van der Waals surface area contributed by atoms with Gasteiger partial charge in [0.15, 0.2) is 6.29 Å². The van der Waals surface area contributed by atoms with Gasteiger partial charge in [0, 0.05) is 31.7 Å². The van der Waals surface area contributed by atoms with Gasteiger partial charge in [-0.25, -0.2) is 14.4 Å². The van der Waals surface area contributed by atoms with E-state index in [1.165, 1.54) is 9.13 Å². The molecule has 34 heavy (non-hydrogen) atoms. The maximum Gasteiger partial charge on any atom is 0.332 e. The molecule has 0 amide bonds. The Labute approximate surface area is 197 Å². The SMILES string of the molecule is CC#CCN1c2c(n(C)c(=O)n(CC3=NCc4ccccc4O3)c2=O)NC1N1CCCC(N)C1. The van der Waals surface area contributed by atoms with Crippen molar-refractivity contribution in [2.75, 3.05) is 29.9 Å². The van der Waals surface area contributed by atoms with Crippen LogP contribution in [0.3, 0.4) is 0 Å². The van der Waals surface area contributed by atoms with Crippen LogP contribution in [0.4, 0.5) is 11.5 Å². The molecule has 3 aliphatic heterocycles. The summed E-state index contributed by atoms with van der Waals surface area (Å²) < 4.78 is 8.55. The van der Waals surface area contributed by atoms with E-state index in [1.807, 2.05) is 29.2 Å². The van der Waals surface area contributed by atoms with Gasteiger partial charge in [-0.3, -0.25) is 14.3 Å². The van der Waals surface area contributed by atoms with Crippen LogP contribution in [0, 0.1) is 11.8 Å². The van der Waals surface area contributed by atoms with Gasteiger partial charge >= 0.3 is 5.69 Å². The van der Waals surface area contributed by atoms with Gasteiger partial charge in [0.1, 0.15) is 23.8 Å². The Balaban J connectivity index is 1.51. The molecule has 0 spiro atoms. The highest BCUT2D eigenvalue weighted by Crippen LogP contribution is 2.32. The first-order valence-corrected chi connectivity index (χ1v) is 11.5. The highest BCUT2D eigenvalue weighted by molar-refractivity contribution is 5.80. The van der Waals surface area contributed by atoms with Crippen molar-refractivity contribution in [3.05, 3.63) is 50.7 Å². The molecule has 3 N–H and O–H groups in total. The summed E-state index contributed by atoms with van der Waals surface area (Å²) in [4.78, 5) is 35.5. The van der Waals surface area contributed by atoms with Gasteiger partial charge in [0.05, 0.1) is 13.1 Å². The number of para-hydroxylation sites is 1. The highest BCUT2D eigenvalue weighted by atomic mass is 16.5. The van der Waals surface area contributed by atoms with Gasteiger partial charge in [0.25, 0.3) is 5.56 Å². The summed E-state index contributed by atoms with van der Waals surface area (Å²) in [6.45, 7) is 4.08. The predicted molar refractivity (Wildman–Crippen MR) is 131 cm³/mol. The number of hydrogen-bond acceptors (Lipinski definition) is 8. The van der Waals surface area contributed by atoms with Crippen molar-refractivity contribution in [3.63, 3.8) is 0 Å². The third kappa shape index (κ3) is 3.87. The molecule has 4 heterocycles. The molecule has 0 aliphatic carbocycles. The molecule has 0 radical (unpaired) electrons. The molecule has 3 aliphatic rings. The molecule has 10 nitrogen and oxygen atoms in total. The number of anilines is 2. The van der Waals surface area contributed by atoms with Crippen molar-refractivity contribution in [3.8, 4) is 17.6 Å². The Morgan fingerprint density at radius 1 is 1.29 bits per heavy atom. The van der Waals surface area contributed by atoms with Crippen molar-refractivity contribution >= 4 is 17.4 Å². The van der Waals surface area contributed by atoms with Gasteiger partial charge in [-0.05, 0) is 25.8 Å². The number of aromatic nitrogens is 2. The summed E-state index contributed by atoms with van der Waals surface area (Å²) in [7, 11) is 1.66. The summed E-state index contributed by atoms with van der Waals surface area (Å²) in [6.07, 6.45) is 1.65. The number of benzene rings is 1. The summed E-state index contributed by atoms with van der Waals surface area (Å²) in [5.41, 5.74) is 6.79. The first kappa shape index (κ1) is 22.3. The molecule has 10 heteroatoms. The second-order valence-electron chi connectivity index (χ2n) is 8.82. The average Bonchev–Trinajstić information content (AvgIpc) is 3.23. The Morgan fingerprint density at radius 3 is 2.91 bits per heavy atom. The molecule has 178 valence electrons. The van der Waals surface area contributed by atoms with Crippen LogP contribution >= 0.6 is 0 Å². The van der Waals surface area contributed by atoms with Crippen molar-refractivity contribution in [1.29, 1.82) is 0 Å². The van der Waals surface area contributed by atoms with E-state index in [1.54, 1.807) is 14.0 Å². The summed E-state index contributed by atoms with van der Waals surface area (Å²) in [5, 5.41) is 3.39. The topological polar surface area (TPSA) is 110 Å². The average molecular weight is 464 g/mol. The van der Waals surface area contributed by atoms with Crippen LogP contribution in [-0.4, -0.2) is 51.9 Å². The van der Waals surface area contributed by atoms with Crippen molar-refractivity contribution in [2.24, 2.45) is 17.8 Å². The second-order valence-corrected chi connectivity index (χ2v) is 8.82. The number of nitrogens with two attached hydrogens (primary N) is 1. The van der Waals surface area contributed by atoms with Gasteiger partial charge in [0.2, 0.25) is 5.90 Å². The highest BCUT2D eigenvalue weighted by Gasteiger charge is 2.39. The van der Waals surface area contributed by atoms with E-state index in [0.717, 1.165) is 24.9 Å². The third-order valence-electron chi connectivity index (χ3n) is 6.55. The maximum absolute atomic E-state index is 13.7. The number of nitrogens with one attached hydrogen (secondary N) is 1. The number of fused-ring (bicyclic) bond motifs is 2. The van der Waals surface area contributed by atoms with Crippen LogP contribution in [-0.2, 0) is 20.1 Å². The minimum atomic E-state index is -0.432. The van der Waals surface area contributed by atoms with Crippen LogP contribution < -0.4 is 31.9 Å². The van der Waals surface area contributed by atoms with Gasteiger partial charge < -0.3 is 20.7 Å². The van der Waals surface area contributed by atoms with E-state index in [9.17, 15) is 9.59 Å². The molecule has 2 unspecified atom stereocenters. The number of likely N-dealkylation sites (tertiary alicyclic amines) is 1. The van der Waals surface area contributed by atoms with Crippen molar-refractivity contribution < 1.29 is 4.74 Å². The van der Waals surface area contributed by atoms with Gasteiger partial charge in [-0.15, -0.1) is 5.92 Å². The zero-order valence-corrected chi connectivity index (χ0v) is 19.5. The van der Waals surface area contributed by atoms with E-state index >= 15 is 0 Å². The summed E-state index contributed by atoms with van der Waals surface area (Å²) >= 11 is 0. The number of hydrogen-bond donors (Lipinski definition) is 2. The fourth-order valence-electron chi connectivity index (χ4n) is 4.80. The zero-order valence-electron chi connectivity index (χ0n) is 19.5. The molecule has 2 aromatic rings. The fraction of sp³-hybridized carbons (Fsp3) is 0.458. The lowest BCUT2D eigenvalue weighted by molar-refractivity contribution is 0.165. The Bertz CT molecular complexity index is 1320. The smallest absolute Gasteiger partial charge is 0.332 e. The van der Waals surface area contributed by atoms with Gasteiger partial charge in [-0.2, -0.15) is 0 Å². The van der Waals surface area contributed by atoms with Crippen molar-refractivity contribution in [2.45, 2.75) is 45.2 Å². The zero-order chi connectivity index (χ0) is 23.8. The summed E-state index contributed by atoms with van der Waals surface area (Å²) in [5.74, 6) is 7.51. The Hall–Kier alpha value is -3.55. The molecule has 1 aromatic heterocycles. The number of aliphatic imine (C=N–C) groups is 1. The molecule has 1 fully saturated rings. The van der Waals surface area contributed by atoms with E-state index in [4.69, 9.17) is 10.5 Å². The predicted octanol–water partition coefficient (Wildman–Crippen LogP) is 0.500. The van der Waals surface area contributed by atoms with E-state index in [-0.39, 0.29) is 18.9 Å². The maximum atomic E-state index is 13.7. The molecule has 1 aromatic carbocycles. The lowest BCUT2D eigenvalue weighted by atomic mass is 10.1. The number of rotatable bonds is 4. The summed E-state index contributed by atoms with van der Waals surface area (Å²) in [6, 6.07) is 7.68. The first-order chi connectivity index (χ1) is 16.5. The van der Waals surface area contributed by atoms with Crippen LogP contribution in [0.25, 0.3) is 0 Å². The minimum absolute atomic E-state index is 0.0420. The quantitative estimate of drug-likeness (QED) is 0.636. The number of ether oxygens (including phenoxy) is 1. The lowest BCUT2D eigenvalue weighted by Crippen LogP contribution is -2.56.